The van der Waals surface area contributed by atoms with E-state index < -0.39 is 0 Å². The Balaban J connectivity index is 2.80. The Bertz CT molecular complexity index is 298. The van der Waals surface area contributed by atoms with Gasteiger partial charge in [-0.05, 0) is 24.5 Å². The van der Waals surface area contributed by atoms with Gasteiger partial charge in [0.15, 0.2) is 0 Å². The van der Waals surface area contributed by atoms with Crippen LogP contribution in [-0.2, 0) is 6.42 Å². The second-order valence-electron chi connectivity index (χ2n) is 3.19. The van der Waals surface area contributed by atoms with Gasteiger partial charge in [-0.15, -0.1) is 0 Å². The molecule has 0 spiro atoms. The average Bonchev–Trinajstić information content (AvgIpc) is 2.20. The molecule has 0 aliphatic carbocycles. The van der Waals surface area contributed by atoms with Gasteiger partial charge >= 0.3 is 0 Å². The molecule has 0 saturated carbocycles. The molecule has 1 aromatic rings. The molecule has 0 amide bonds. The van der Waals surface area contributed by atoms with E-state index in [4.69, 9.17) is 29.0 Å². The highest BCUT2D eigenvalue weighted by Crippen LogP contribution is 2.26. The highest BCUT2D eigenvalue weighted by Gasteiger charge is 2.09. The molecule has 0 saturated heterocycles. The Hall–Kier alpha value is -0.280. The van der Waals surface area contributed by atoms with Gasteiger partial charge in [0.1, 0.15) is 0 Å². The summed E-state index contributed by atoms with van der Waals surface area (Å²) in [5, 5.41) is 1.22. The van der Waals surface area contributed by atoms with E-state index in [9.17, 15) is 0 Å². The second-order valence-corrected chi connectivity index (χ2v) is 3.97. The molecule has 1 unspecified atom stereocenters. The van der Waals surface area contributed by atoms with Gasteiger partial charge in [-0.1, -0.05) is 42.3 Å². The zero-order valence-electron chi connectivity index (χ0n) is 8.06. The van der Waals surface area contributed by atoms with E-state index >= 15 is 0 Å². The molecule has 2 nitrogen and oxygen atoms in total. The van der Waals surface area contributed by atoms with Gasteiger partial charge in [0.2, 0.25) is 0 Å². The van der Waals surface area contributed by atoms with Gasteiger partial charge in [-0.3, -0.25) is 11.3 Å². The van der Waals surface area contributed by atoms with Crippen LogP contribution < -0.4 is 11.3 Å². The van der Waals surface area contributed by atoms with Crippen molar-refractivity contribution in [2.45, 2.75) is 25.8 Å². The fourth-order valence-corrected chi connectivity index (χ4v) is 1.69. The summed E-state index contributed by atoms with van der Waals surface area (Å²) in [5.41, 5.74) is 3.78. The predicted octanol–water partition coefficient (Wildman–Crippen LogP) is 2.78. The molecule has 1 aromatic carbocycles. The summed E-state index contributed by atoms with van der Waals surface area (Å²) < 4.78 is 0. The molecule has 0 fully saturated rings. The first-order valence-electron chi connectivity index (χ1n) is 4.58. The van der Waals surface area contributed by atoms with Crippen molar-refractivity contribution in [3.63, 3.8) is 0 Å². The van der Waals surface area contributed by atoms with Crippen molar-refractivity contribution < 1.29 is 0 Å². The van der Waals surface area contributed by atoms with Crippen molar-refractivity contribution in [3.8, 4) is 0 Å². The Morgan fingerprint density at radius 2 is 2.14 bits per heavy atom. The molecular weight excluding hydrogens is 219 g/mol. The van der Waals surface area contributed by atoms with Gasteiger partial charge in [0.05, 0.1) is 10.0 Å². The molecule has 14 heavy (non-hydrogen) atoms. The van der Waals surface area contributed by atoms with Crippen LogP contribution in [0.25, 0.3) is 0 Å². The van der Waals surface area contributed by atoms with E-state index in [0.717, 1.165) is 18.4 Å². The molecule has 0 aliphatic heterocycles. The van der Waals surface area contributed by atoms with Crippen molar-refractivity contribution >= 4 is 23.2 Å². The van der Waals surface area contributed by atoms with Gasteiger partial charge in [0, 0.05) is 6.04 Å². The summed E-state index contributed by atoms with van der Waals surface area (Å²) in [6.45, 7) is 2.07. The molecule has 0 radical (unpaired) electrons. The maximum atomic E-state index is 6.05. The zero-order chi connectivity index (χ0) is 10.6. The van der Waals surface area contributed by atoms with Crippen LogP contribution in [0.3, 0.4) is 0 Å². The maximum absolute atomic E-state index is 6.05. The van der Waals surface area contributed by atoms with Crippen LogP contribution in [0.2, 0.25) is 10.0 Å². The molecule has 0 aromatic heterocycles. The van der Waals surface area contributed by atoms with Crippen LogP contribution in [0.4, 0.5) is 0 Å². The lowest BCUT2D eigenvalue weighted by Gasteiger charge is -2.14. The number of halogens is 2. The zero-order valence-corrected chi connectivity index (χ0v) is 9.57. The molecule has 4 heteroatoms. The number of rotatable bonds is 4. The van der Waals surface area contributed by atoms with E-state index in [1.807, 2.05) is 12.1 Å². The minimum Gasteiger partial charge on any atom is -0.271 e. The molecule has 3 N–H and O–H groups in total. The van der Waals surface area contributed by atoms with Gasteiger partial charge in [-0.2, -0.15) is 0 Å². The third-order valence-electron chi connectivity index (χ3n) is 2.23. The lowest BCUT2D eigenvalue weighted by atomic mass is 10.0. The monoisotopic (exact) mass is 232 g/mol. The van der Waals surface area contributed by atoms with Crippen molar-refractivity contribution in [2.75, 3.05) is 0 Å². The van der Waals surface area contributed by atoms with Crippen LogP contribution in [0, 0.1) is 0 Å². The van der Waals surface area contributed by atoms with E-state index in [2.05, 4.69) is 12.3 Å². The molecule has 0 bridgehead atoms. The summed E-state index contributed by atoms with van der Waals surface area (Å²) >= 11 is 12.0. The van der Waals surface area contributed by atoms with E-state index in [-0.39, 0.29) is 6.04 Å². The third kappa shape index (κ3) is 2.85. The predicted molar refractivity (Wildman–Crippen MR) is 61.6 cm³/mol. The van der Waals surface area contributed by atoms with Crippen molar-refractivity contribution in [2.24, 2.45) is 5.84 Å². The number of hydrogen-bond donors (Lipinski definition) is 2. The fraction of sp³-hybridized carbons (Fsp3) is 0.400. The molecule has 1 atom stereocenters. The number of nitrogens with one attached hydrogen (secondary N) is 1. The standard InChI is InChI=1S/C10H14Cl2N2/c1-2-8(14-13)6-7-4-3-5-9(11)10(7)12/h3-5,8,14H,2,6,13H2,1H3. The SMILES string of the molecule is CCC(Cc1cccc(Cl)c1Cl)NN. The molecule has 78 valence electrons. The number of nitrogens with two attached hydrogens (primary N) is 1. The Labute approximate surface area is 94.4 Å². The Morgan fingerprint density at radius 3 is 2.71 bits per heavy atom. The average molecular weight is 233 g/mol. The molecular formula is C10H14Cl2N2. The van der Waals surface area contributed by atoms with Crippen LogP contribution >= 0.6 is 23.2 Å². The smallest absolute Gasteiger partial charge is 0.0624 e. The van der Waals surface area contributed by atoms with Gasteiger partial charge < -0.3 is 0 Å². The van der Waals surface area contributed by atoms with E-state index in [1.54, 1.807) is 6.07 Å². The first-order chi connectivity index (χ1) is 6.69. The van der Waals surface area contributed by atoms with Crippen molar-refractivity contribution in [1.29, 1.82) is 0 Å². The minimum absolute atomic E-state index is 0.242. The number of benzene rings is 1. The van der Waals surface area contributed by atoms with Crippen LogP contribution in [-0.4, -0.2) is 6.04 Å². The lowest BCUT2D eigenvalue weighted by Crippen LogP contribution is -2.36. The Morgan fingerprint density at radius 1 is 1.43 bits per heavy atom. The molecule has 0 aliphatic rings. The lowest BCUT2D eigenvalue weighted by molar-refractivity contribution is 0.511. The summed E-state index contributed by atoms with van der Waals surface area (Å²) in [5.74, 6) is 5.39. The highest BCUT2D eigenvalue weighted by molar-refractivity contribution is 6.42. The van der Waals surface area contributed by atoms with Crippen molar-refractivity contribution in [3.05, 3.63) is 33.8 Å². The van der Waals surface area contributed by atoms with Gasteiger partial charge in [-0.25, -0.2) is 0 Å². The fourth-order valence-electron chi connectivity index (χ4n) is 1.29. The summed E-state index contributed by atoms with van der Waals surface area (Å²) in [6.07, 6.45) is 1.76. The van der Waals surface area contributed by atoms with Crippen molar-refractivity contribution in [1.82, 2.24) is 5.43 Å². The van der Waals surface area contributed by atoms with E-state index in [0.29, 0.717) is 10.0 Å². The summed E-state index contributed by atoms with van der Waals surface area (Å²) in [4.78, 5) is 0. The number of hydrogen-bond acceptors (Lipinski definition) is 2. The van der Waals surface area contributed by atoms with Gasteiger partial charge in [0.25, 0.3) is 0 Å². The number of hydrazine groups is 1. The topological polar surface area (TPSA) is 38.0 Å². The maximum Gasteiger partial charge on any atom is 0.0624 e. The Kier molecular flexibility index (Phi) is 4.69. The molecule has 0 heterocycles. The van der Waals surface area contributed by atoms with Crippen LogP contribution in [0.15, 0.2) is 18.2 Å². The van der Waals surface area contributed by atoms with Crippen LogP contribution in [0.1, 0.15) is 18.9 Å². The second kappa shape index (κ2) is 5.56. The van der Waals surface area contributed by atoms with Crippen LogP contribution in [0.5, 0.6) is 0 Å². The normalized spacial score (nSPS) is 12.9. The first-order valence-corrected chi connectivity index (χ1v) is 5.33. The largest absolute Gasteiger partial charge is 0.271 e. The quantitative estimate of drug-likeness (QED) is 0.619. The van der Waals surface area contributed by atoms with E-state index in [1.165, 1.54) is 0 Å². The summed E-state index contributed by atoms with van der Waals surface area (Å²) in [7, 11) is 0. The highest BCUT2D eigenvalue weighted by atomic mass is 35.5. The first kappa shape index (κ1) is 11.8. The summed E-state index contributed by atoms with van der Waals surface area (Å²) in [6, 6.07) is 5.89. The molecule has 1 rings (SSSR count). The minimum atomic E-state index is 0.242. The third-order valence-corrected chi connectivity index (χ3v) is 3.08.